The number of aromatic nitrogens is 4. The molecule has 126 valence electrons. The van der Waals surface area contributed by atoms with Gasteiger partial charge in [0.25, 0.3) is 0 Å². The highest BCUT2D eigenvalue weighted by Gasteiger charge is 2.16. The van der Waals surface area contributed by atoms with Gasteiger partial charge in [0, 0.05) is 24.4 Å². The number of allylic oxidation sites excluding steroid dienone is 1. The lowest BCUT2D eigenvalue weighted by Gasteiger charge is -2.05. The topological polar surface area (TPSA) is 121 Å². The minimum Gasteiger partial charge on any atom is -0.507 e. The van der Waals surface area contributed by atoms with E-state index in [1.165, 1.54) is 23.2 Å². The number of carboxylic acids is 1. The number of ketones is 1. The van der Waals surface area contributed by atoms with Crippen molar-refractivity contribution in [2.24, 2.45) is 0 Å². The zero-order valence-corrected chi connectivity index (χ0v) is 13.0. The van der Waals surface area contributed by atoms with Gasteiger partial charge in [0.1, 0.15) is 17.8 Å². The lowest BCUT2D eigenvalue weighted by atomic mass is 10.2. The van der Waals surface area contributed by atoms with Crippen molar-refractivity contribution in [2.75, 3.05) is 0 Å². The van der Waals surface area contributed by atoms with Crippen molar-refractivity contribution < 1.29 is 19.8 Å². The van der Waals surface area contributed by atoms with Gasteiger partial charge >= 0.3 is 5.97 Å². The van der Waals surface area contributed by atoms with Crippen molar-refractivity contribution in [3.05, 3.63) is 77.6 Å². The maximum Gasteiger partial charge on any atom is 0.352 e. The Morgan fingerprint density at radius 2 is 1.96 bits per heavy atom. The van der Waals surface area contributed by atoms with Crippen LogP contribution in [-0.4, -0.2) is 41.7 Å². The molecule has 8 nitrogen and oxygen atoms in total. The number of H-pyrrole nitrogens is 1. The predicted octanol–water partition coefficient (Wildman–Crippen LogP) is 2.13. The Kier molecular flexibility index (Phi) is 4.42. The van der Waals surface area contributed by atoms with Crippen LogP contribution in [0.1, 0.15) is 32.2 Å². The third-order valence-electron chi connectivity index (χ3n) is 3.52. The molecule has 0 amide bonds. The summed E-state index contributed by atoms with van der Waals surface area (Å²) in [7, 11) is 0. The van der Waals surface area contributed by atoms with Crippen LogP contribution in [0.15, 0.2) is 55.0 Å². The molecular formula is C17H14N4O4. The summed E-state index contributed by atoms with van der Waals surface area (Å²) in [5.41, 5.74) is 1.14. The van der Waals surface area contributed by atoms with Gasteiger partial charge in [-0.1, -0.05) is 30.3 Å². The third kappa shape index (κ3) is 3.63. The first-order chi connectivity index (χ1) is 12.0. The quantitative estimate of drug-likeness (QED) is 0.360. The molecule has 3 N–H and O–H groups in total. The van der Waals surface area contributed by atoms with E-state index in [1.807, 2.05) is 30.3 Å². The molecule has 2 heterocycles. The average molecular weight is 338 g/mol. The minimum absolute atomic E-state index is 0.00548. The van der Waals surface area contributed by atoms with E-state index >= 15 is 0 Å². The monoisotopic (exact) mass is 338 g/mol. The molecule has 0 saturated carbocycles. The van der Waals surface area contributed by atoms with Gasteiger partial charge < -0.3 is 14.8 Å². The summed E-state index contributed by atoms with van der Waals surface area (Å²) in [6.07, 6.45) is 3.63. The van der Waals surface area contributed by atoms with E-state index in [1.54, 1.807) is 0 Å². The van der Waals surface area contributed by atoms with Gasteiger partial charge in [0.05, 0.1) is 0 Å². The standard InChI is InChI=1S/C17H14N4O4/c22-14(7-15(23)16-18-10-19-20-16)12-6-13(17(24)25)21(9-12)8-11-4-2-1-3-5-11/h1-7,9-10,22H,8H2,(H,24,25)(H,18,19,20)/b14-7+. The second-order valence-electron chi connectivity index (χ2n) is 5.26. The van der Waals surface area contributed by atoms with E-state index in [2.05, 4.69) is 15.2 Å². The molecular weight excluding hydrogens is 324 g/mol. The molecule has 25 heavy (non-hydrogen) atoms. The van der Waals surface area contributed by atoms with Gasteiger partial charge in [-0.3, -0.25) is 9.89 Å². The van der Waals surface area contributed by atoms with Crippen molar-refractivity contribution >= 4 is 17.5 Å². The largest absolute Gasteiger partial charge is 0.507 e. The summed E-state index contributed by atoms with van der Waals surface area (Å²) in [5.74, 6) is -2.07. The molecule has 0 aliphatic rings. The average Bonchev–Trinajstić information content (AvgIpc) is 3.25. The van der Waals surface area contributed by atoms with Crippen LogP contribution in [0.4, 0.5) is 0 Å². The number of rotatable bonds is 6. The molecule has 8 heteroatoms. The number of benzene rings is 1. The van der Waals surface area contributed by atoms with Gasteiger partial charge in [-0.2, -0.15) is 5.10 Å². The molecule has 0 saturated heterocycles. The number of carbonyl (C=O) groups excluding carboxylic acids is 1. The Hall–Kier alpha value is -3.68. The smallest absolute Gasteiger partial charge is 0.352 e. The van der Waals surface area contributed by atoms with E-state index in [0.29, 0.717) is 6.54 Å². The summed E-state index contributed by atoms with van der Waals surface area (Å²) < 4.78 is 1.50. The first-order valence-corrected chi connectivity index (χ1v) is 7.32. The third-order valence-corrected chi connectivity index (χ3v) is 3.52. The van der Waals surface area contributed by atoms with Crippen LogP contribution in [0.3, 0.4) is 0 Å². The Bertz CT molecular complexity index is 927. The molecule has 0 spiro atoms. The van der Waals surface area contributed by atoms with Crippen molar-refractivity contribution in [3.63, 3.8) is 0 Å². The van der Waals surface area contributed by atoms with Crippen molar-refractivity contribution in [2.45, 2.75) is 6.54 Å². The molecule has 1 aromatic carbocycles. The maximum atomic E-state index is 11.9. The van der Waals surface area contributed by atoms with E-state index < -0.39 is 11.8 Å². The fourth-order valence-electron chi connectivity index (χ4n) is 2.34. The fourth-order valence-corrected chi connectivity index (χ4v) is 2.34. The molecule has 2 aromatic heterocycles. The number of aliphatic hydroxyl groups excluding tert-OH is 1. The Labute approximate surface area is 142 Å². The van der Waals surface area contributed by atoms with E-state index in [9.17, 15) is 19.8 Å². The van der Waals surface area contributed by atoms with Gasteiger partial charge in [0.15, 0.2) is 5.82 Å². The predicted molar refractivity (Wildman–Crippen MR) is 88.3 cm³/mol. The van der Waals surface area contributed by atoms with E-state index in [-0.39, 0.29) is 22.8 Å². The van der Waals surface area contributed by atoms with Gasteiger partial charge in [0.2, 0.25) is 5.78 Å². The molecule has 0 aliphatic carbocycles. The van der Waals surface area contributed by atoms with Crippen LogP contribution in [0, 0.1) is 0 Å². The van der Waals surface area contributed by atoms with E-state index in [0.717, 1.165) is 11.6 Å². The van der Waals surface area contributed by atoms with Crippen LogP contribution < -0.4 is 0 Å². The van der Waals surface area contributed by atoms with Crippen molar-refractivity contribution in [3.8, 4) is 0 Å². The minimum atomic E-state index is -1.13. The molecule has 0 unspecified atom stereocenters. The maximum absolute atomic E-state index is 11.9. The number of aliphatic hydroxyl groups is 1. The fraction of sp³-hybridized carbons (Fsp3) is 0.0588. The highest BCUT2D eigenvalue weighted by Crippen LogP contribution is 2.18. The number of nitrogens with one attached hydrogen (secondary N) is 1. The summed E-state index contributed by atoms with van der Waals surface area (Å²) >= 11 is 0. The number of hydrogen-bond donors (Lipinski definition) is 3. The molecule has 0 aliphatic heterocycles. The number of carbonyl (C=O) groups is 2. The Balaban J connectivity index is 1.90. The van der Waals surface area contributed by atoms with Crippen LogP contribution >= 0.6 is 0 Å². The second-order valence-corrected chi connectivity index (χ2v) is 5.26. The highest BCUT2D eigenvalue weighted by molar-refractivity contribution is 6.05. The van der Waals surface area contributed by atoms with Crippen LogP contribution in [0.25, 0.3) is 5.76 Å². The molecule has 0 atom stereocenters. The SMILES string of the molecule is O=C(/C=C(/O)c1cc(C(=O)O)n(Cc2ccccc2)c1)c1ncn[nH]1. The van der Waals surface area contributed by atoms with Crippen molar-refractivity contribution in [1.82, 2.24) is 19.7 Å². The molecule has 3 aromatic rings. The lowest BCUT2D eigenvalue weighted by molar-refractivity contribution is 0.0685. The number of aromatic amines is 1. The Morgan fingerprint density at radius 3 is 2.60 bits per heavy atom. The normalized spacial score (nSPS) is 11.4. The number of carboxylic acid groups (broad SMARTS) is 1. The number of aromatic carboxylic acids is 1. The second kappa shape index (κ2) is 6.83. The highest BCUT2D eigenvalue weighted by atomic mass is 16.4. The summed E-state index contributed by atoms with van der Waals surface area (Å²) in [4.78, 5) is 27.1. The molecule has 0 bridgehead atoms. The number of nitrogens with zero attached hydrogens (tertiary/aromatic N) is 3. The summed E-state index contributed by atoms with van der Waals surface area (Å²) in [6.45, 7) is 0.325. The number of hydrogen-bond acceptors (Lipinski definition) is 5. The first kappa shape index (κ1) is 16.2. The van der Waals surface area contributed by atoms with Crippen LogP contribution in [0.5, 0.6) is 0 Å². The molecule has 3 rings (SSSR count). The summed E-state index contributed by atoms with van der Waals surface area (Å²) in [5, 5.41) is 25.5. The first-order valence-electron chi connectivity index (χ1n) is 7.32. The van der Waals surface area contributed by atoms with Gasteiger partial charge in [-0.25, -0.2) is 9.78 Å². The Morgan fingerprint density at radius 1 is 1.20 bits per heavy atom. The van der Waals surface area contributed by atoms with Gasteiger partial charge in [-0.15, -0.1) is 0 Å². The van der Waals surface area contributed by atoms with Crippen LogP contribution in [-0.2, 0) is 6.54 Å². The molecule has 0 fully saturated rings. The van der Waals surface area contributed by atoms with E-state index in [4.69, 9.17) is 0 Å². The van der Waals surface area contributed by atoms with Crippen LogP contribution in [0.2, 0.25) is 0 Å². The van der Waals surface area contributed by atoms with Crippen molar-refractivity contribution in [1.29, 1.82) is 0 Å². The summed E-state index contributed by atoms with van der Waals surface area (Å²) in [6, 6.07) is 10.6. The van der Waals surface area contributed by atoms with Gasteiger partial charge in [-0.05, 0) is 11.6 Å². The molecule has 0 radical (unpaired) electrons. The lowest BCUT2D eigenvalue weighted by Crippen LogP contribution is -2.08. The zero-order chi connectivity index (χ0) is 17.8. The zero-order valence-electron chi connectivity index (χ0n) is 13.0.